The quantitative estimate of drug-likeness (QED) is 0.148. The van der Waals surface area contributed by atoms with Gasteiger partial charge in [0.15, 0.2) is 5.75 Å². The van der Waals surface area contributed by atoms with Crippen LogP contribution in [0.2, 0.25) is 0 Å². The molecule has 0 saturated carbocycles. The minimum Gasteiger partial charge on any atom is -0.379 e. The molecule has 30 heavy (non-hydrogen) atoms. The molecule has 6 nitrogen and oxygen atoms in total. The Kier molecular flexibility index (Phi) is 18.9. The number of aryl methyl sites for hydroxylation is 1. The summed E-state index contributed by atoms with van der Waals surface area (Å²) in [4.78, 5) is 10.8. The molecular weight excluding hydrogens is 384 g/mol. The summed E-state index contributed by atoms with van der Waals surface area (Å²) in [6.45, 7) is 9.21. The largest absolute Gasteiger partial charge is 0.379 e. The second-order valence-electron chi connectivity index (χ2n) is 7.06. The lowest BCUT2D eigenvalue weighted by Gasteiger charge is -2.10. The van der Waals surface area contributed by atoms with Crippen molar-refractivity contribution in [1.82, 2.24) is 0 Å². The normalized spacial score (nSPS) is 11.1. The minimum atomic E-state index is 0.381. The van der Waals surface area contributed by atoms with E-state index in [0.29, 0.717) is 52.9 Å². The van der Waals surface area contributed by atoms with Gasteiger partial charge in [0.05, 0.1) is 46.2 Å². The third kappa shape index (κ3) is 15.6. The first-order valence-electron chi connectivity index (χ1n) is 11.6. The Bertz CT molecular complexity index is 483. The van der Waals surface area contributed by atoms with Crippen LogP contribution in [0.1, 0.15) is 57.9 Å². The third-order valence-electron chi connectivity index (χ3n) is 4.55. The fraction of sp³-hybridized carbons (Fsp3) is 0.750. The lowest BCUT2D eigenvalue weighted by atomic mass is 10.0. The van der Waals surface area contributed by atoms with Crippen LogP contribution in [-0.2, 0) is 30.3 Å². The number of ether oxygens (including phenoxy) is 4. The molecule has 0 aromatic heterocycles. The van der Waals surface area contributed by atoms with Gasteiger partial charge in [0, 0.05) is 6.61 Å². The fourth-order valence-corrected chi connectivity index (χ4v) is 2.89. The summed E-state index contributed by atoms with van der Waals surface area (Å²) in [6, 6.07) is 8.08. The van der Waals surface area contributed by atoms with E-state index in [1.807, 2.05) is 25.1 Å². The van der Waals surface area contributed by atoms with E-state index in [4.69, 9.17) is 28.7 Å². The van der Waals surface area contributed by atoms with Gasteiger partial charge in [-0.25, -0.2) is 0 Å². The number of benzene rings is 1. The highest BCUT2D eigenvalue weighted by molar-refractivity contribution is 5.32. The molecule has 0 unspecified atom stereocenters. The molecule has 0 saturated heterocycles. The van der Waals surface area contributed by atoms with Gasteiger partial charge in [-0.05, 0) is 31.4 Å². The maximum atomic E-state index is 5.49. The van der Waals surface area contributed by atoms with E-state index in [2.05, 4.69) is 13.0 Å². The summed E-state index contributed by atoms with van der Waals surface area (Å²) in [5.74, 6) is 0.804. The molecule has 0 bridgehead atoms. The average Bonchev–Trinajstić information content (AvgIpc) is 2.77. The minimum absolute atomic E-state index is 0.381. The first-order chi connectivity index (χ1) is 14.9. The molecule has 0 aliphatic rings. The maximum absolute atomic E-state index is 5.49. The number of rotatable bonds is 22. The standard InChI is InChI=1S/C24H42O6/c1-3-5-6-7-8-9-12-23-13-10-11-14-24(23)30-29-22-21-28-20-19-27-18-17-26-16-15-25-4-2/h10-11,13-14H,3-9,12,15-22H2,1-2H3. The summed E-state index contributed by atoms with van der Waals surface area (Å²) < 4.78 is 21.5. The van der Waals surface area contributed by atoms with Gasteiger partial charge in [0.25, 0.3) is 0 Å². The summed E-state index contributed by atoms with van der Waals surface area (Å²) in [7, 11) is 0. The Hall–Kier alpha value is -1.18. The van der Waals surface area contributed by atoms with Gasteiger partial charge in [0.2, 0.25) is 0 Å². The van der Waals surface area contributed by atoms with Crippen molar-refractivity contribution in [2.75, 3.05) is 59.5 Å². The van der Waals surface area contributed by atoms with Gasteiger partial charge in [-0.3, -0.25) is 0 Å². The maximum Gasteiger partial charge on any atom is 0.168 e. The third-order valence-corrected chi connectivity index (χ3v) is 4.55. The van der Waals surface area contributed by atoms with Crippen molar-refractivity contribution in [3.05, 3.63) is 29.8 Å². The lowest BCUT2D eigenvalue weighted by Crippen LogP contribution is -2.13. The molecule has 1 rings (SSSR count). The first-order valence-corrected chi connectivity index (χ1v) is 11.6. The van der Waals surface area contributed by atoms with Crippen molar-refractivity contribution >= 4 is 0 Å². The Balaban J connectivity index is 1.96. The molecule has 0 amide bonds. The topological polar surface area (TPSA) is 55.4 Å². The Morgan fingerprint density at radius 3 is 1.83 bits per heavy atom. The molecule has 0 aliphatic heterocycles. The smallest absolute Gasteiger partial charge is 0.168 e. The molecule has 0 spiro atoms. The highest BCUT2D eigenvalue weighted by Crippen LogP contribution is 2.21. The van der Waals surface area contributed by atoms with Crippen molar-refractivity contribution < 1.29 is 28.7 Å². The number of para-hydroxylation sites is 1. The van der Waals surface area contributed by atoms with Crippen LogP contribution in [0, 0.1) is 0 Å². The van der Waals surface area contributed by atoms with E-state index in [-0.39, 0.29) is 0 Å². The van der Waals surface area contributed by atoms with Crippen molar-refractivity contribution in [3.8, 4) is 5.75 Å². The molecule has 0 radical (unpaired) electrons. The first kappa shape index (κ1) is 26.9. The fourth-order valence-electron chi connectivity index (χ4n) is 2.89. The summed E-state index contributed by atoms with van der Waals surface area (Å²) in [5, 5.41) is 0. The van der Waals surface area contributed by atoms with Crippen molar-refractivity contribution in [3.63, 3.8) is 0 Å². The second kappa shape index (κ2) is 21.1. The van der Waals surface area contributed by atoms with Crippen LogP contribution in [0.5, 0.6) is 5.75 Å². The summed E-state index contributed by atoms with van der Waals surface area (Å²) in [5.41, 5.74) is 1.20. The van der Waals surface area contributed by atoms with E-state index in [1.165, 1.54) is 44.1 Å². The van der Waals surface area contributed by atoms with Gasteiger partial charge < -0.3 is 23.8 Å². The van der Waals surface area contributed by atoms with E-state index >= 15 is 0 Å². The average molecular weight is 427 g/mol. The molecule has 6 heteroatoms. The Labute approximate surface area is 183 Å². The SMILES string of the molecule is CCCCCCCCc1ccccc1OOCCOCCOCCOCCOCC. The number of hydrogen-bond donors (Lipinski definition) is 0. The van der Waals surface area contributed by atoms with Crippen molar-refractivity contribution in [2.24, 2.45) is 0 Å². The second-order valence-corrected chi connectivity index (χ2v) is 7.06. The molecule has 1 aromatic rings. The van der Waals surface area contributed by atoms with E-state index in [0.717, 1.165) is 18.8 Å². The molecule has 0 fully saturated rings. The molecule has 0 N–H and O–H groups in total. The number of hydrogen-bond acceptors (Lipinski definition) is 6. The molecule has 174 valence electrons. The highest BCUT2D eigenvalue weighted by atomic mass is 17.2. The van der Waals surface area contributed by atoms with Gasteiger partial charge in [-0.15, -0.1) is 0 Å². The van der Waals surface area contributed by atoms with Crippen LogP contribution in [0.3, 0.4) is 0 Å². The molecule has 0 aliphatic carbocycles. The summed E-state index contributed by atoms with van der Waals surface area (Å²) >= 11 is 0. The Morgan fingerprint density at radius 1 is 0.600 bits per heavy atom. The molecule has 0 heterocycles. The monoisotopic (exact) mass is 426 g/mol. The lowest BCUT2D eigenvalue weighted by molar-refractivity contribution is -0.216. The van der Waals surface area contributed by atoms with Gasteiger partial charge in [-0.2, -0.15) is 4.89 Å². The van der Waals surface area contributed by atoms with Gasteiger partial charge >= 0.3 is 0 Å². The van der Waals surface area contributed by atoms with E-state index in [9.17, 15) is 0 Å². The van der Waals surface area contributed by atoms with Crippen LogP contribution >= 0.6 is 0 Å². The predicted octanol–water partition coefficient (Wildman–Crippen LogP) is 4.99. The zero-order chi connectivity index (χ0) is 21.5. The Morgan fingerprint density at radius 2 is 1.17 bits per heavy atom. The highest BCUT2D eigenvalue weighted by Gasteiger charge is 2.04. The number of unbranched alkanes of at least 4 members (excludes halogenated alkanes) is 5. The van der Waals surface area contributed by atoms with Crippen LogP contribution < -0.4 is 4.89 Å². The van der Waals surface area contributed by atoms with Crippen LogP contribution in [0.25, 0.3) is 0 Å². The van der Waals surface area contributed by atoms with Crippen LogP contribution in [0.15, 0.2) is 24.3 Å². The van der Waals surface area contributed by atoms with Gasteiger partial charge in [0.1, 0.15) is 6.61 Å². The summed E-state index contributed by atoms with van der Waals surface area (Å²) in [6.07, 6.45) is 8.75. The van der Waals surface area contributed by atoms with Crippen LogP contribution in [0.4, 0.5) is 0 Å². The van der Waals surface area contributed by atoms with E-state index < -0.39 is 0 Å². The zero-order valence-corrected chi connectivity index (χ0v) is 19.1. The van der Waals surface area contributed by atoms with Gasteiger partial charge in [-0.1, -0.05) is 57.2 Å². The van der Waals surface area contributed by atoms with Crippen molar-refractivity contribution in [1.29, 1.82) is 0 Å². The molecule has 1 aromatic carbocycles. The molecule has 0 atom stereocenters. The van der Waals surface area contributed by atoms with E-state index in [1.54, 1.807) is 0 Å². The molecular formula is C24H42O6. The van der Waals surface area contributed by atoms with Crippen molar-refractivity contribution in [2.45, 2.75) is 58.8 Å². The zero-order valence-electron chi connectivity index (χ0n) is 19.1. The predicted molar refractivity (Wildman–Crippen MR) is 119 cm³/mol. The van der Waals surface area contributed by atoms with Crippen LogP contribution in [-0.4, -0.2) is 59.5 Å².